The molecule has 26 heavy (non-hydrogen) atoms. The highest BCUT2D eigenvalue weighted by Gasteiger charge is 2.36. The smallest absolute Gasteiger partial charge is 0.276 e. The molecule has 0 spiro atoms. The van der Waals surface area contributed by atoms with E-state index in [0.29, 0.717) is 25.9 Å². The van der Waals surface area contributed by atoms with Gasteiger partial charge in [-0.3, -0.25) is 4.57 Å². The third-order valence-electron chi connectivity index (χ3n) is 5.15. The summed E-state index contributed by atoms with van der Waals surface area (Å²) in [6, 6.07) is 5.32. The van der Waals surface area contributed by atoms with Crippen LogP contribution < -0.4 is 5.69 Å². The van der Waals surface area contributed by atoms with Gasteiger partial charge in [-0.05, 0) is 43.9 Å². The predicted molar refractivity (Wildman–Crippen MR) is 92.9 cm³/mol. The van der Waals surface area contributed by atoms with Crippen molar-refractivity contribution in [3.63, 3.8) is 0 Å². The first kappa shape index (κ1) is 17.4. The van der Waals surface area contributed by atoms with Crippen LogP contribution in [0.3, 0.4) is 0 Å². The van der Waals surface area contributed by atoms with Crippen molar-refractivity contribution in [2.75, 3.05) is 13.1 Å². The molecule has 140 valence electrons. The molecule has 9 heteroatoms. The number of hydrogen-bond donors (Lipinski definition) is 0. The Morgan fingerprint density at radius 3 is 2.46 bits per heavy atom. The zero-order valence-corrected chi connectivity index (χ0v) is 15.3. The Bertz CT molecular complexity index is 986. The molecular formula is C17H21FN4O3S. The van der Waals surface area contributed by atoms with Gasteiger partial charge in [0.05, 0.1) is 4.90 Å². The largest absolute Gasteiger partial charge is 0.345 e. The van der Waals surface area contributed by atoms with Crippen molar-refractivity contribution >= 4 is 10.0 Å². The zero-order chi connectivity index (χ0) is 18.5. The van der Waals surface area contributed by atoms with Gasteiger partial charge < -0.3 is 0 Å². The van der Waals surface area contributed by atoms with Crippen molar-refractivity contribution in [1.29, 1.82) is 0 Å². The van der Waals surface area contributed by atoms with Crippen LogP contribution in [-0.4, -0.2) is 40.2 Å². The summed E-state index contributed by atoms with van der Waals surface area (Å²) in [4.78, 5) is 12.3. The lowest BCUT2D eigenvalue weighted by molar-refractivity contribution is 0.308. The van der Waals surface area contributed by atoms with E-state index in [2.05, 4.69) is 5.10 Å². The summed E-state index contributed by atoms with van der Waals surface area (Å²) in [6.07, 6.45) is 3.17. The van der Waals surface area contributed by atoms with Crippen molar-refractivity contribution in [2.45, 2.75) is 42.5 Å². The first-order chi connectivity index (χ1) is 12.4. The maximum atomic E-state index is 13.4. The fraction of sp³-hybridized carbons (Fsp3) is 0.529. The van der Waals surface area contributed by atoms with Crippen LogP contribution in [0.2, 0.25) is 0 Å². The highest BCUT2D eigenvalue weighted by Crippen LogP contribution is 2.38. The van der Waals surface area contributed by atoms with E-state index in [1.807, 2.05) is 0 Å². The summed E-state index contributed by atoms with van der Waals surface area (Å²) in [5, 5.41) is 4.40. The maximum absolute atomic E-state index is 13.4. The molecule has 2 heterocycles. The van der Waals surface area contributed by atoms with E-state index in [-0.39, 0.29) is 22.5 Å². The summed E-state index contributed by atoms with van der Waals surface area (Å²) < 4.78 is 43.3. The van der Waals surface area contributed by atoms with E-state index in [4.69, 9.17) is 0 Å². The van der Waals surface area contributed by atoms with Gasteiger partial charge in [0.1, 0.15) is 11.6 Å². The van der Waals surface area contributed by atoms with E-state index >= 15 is 0 Å². The first-order valence-electron chi connectivity index (χ1n) is 8.79. The second kappa shape index (κ2) is 6.31. The number of benzene rings is 1. The number of nitrogens with zero attached hydrogens (tertiary/aromatic N) is 4. The Kier molecular flexibility index (Phi) is 4.23. The Morgan fingerprint density at radius 2 is 1.85 bits per heavy atom. The Labute approximate surface area is 151 Å². The number of halogens is 1. The second-order valence-corrected chi connectivity index (χ2v) is 8.94. The quantitative estimate of drug-likeness (QED) is 0.808. The minimum Gasteiger partial charge on any atom is -0.276 e. The number of piperidine rings is 1. The molecule has 1 aromatic carbocycles. The van der Waals surface area contributed by atoms with Gasteiger partial charge in [0.25, 0.3) is 0 Å². The van der Waals surface area contributed by atoms with Crippen LogP contribution in [0.15, 0.2) is 34.0 Å². The summed E-state index contributed by atoms with van der Waals surface area (Å²) in [6.45, 7) is 0.665. The number of rotatable bonds is 4. The summed E-state index contributed by atoms with van der Waals surface area (Å²) >= 11 is 0. The van der Waals surface area contributed by atoms with E-state index < -0.39 is 15.8 Å². The molecular weight excluding hydrogens is 359 g/mol. The molecule has 0 amide bonds. The fourth-order valence-electron chi connectivity index (χ4n) is 3.58. The third kappa shape index (κ3) is 2.99. The minimum atomic E-state index is -3.71. The zero-order valence-electron chi connectivity index (χ0n) is 14.5. The van der Waals surface area contributed by atoms with Gasteiger partial charge in [0.15, 0.2) is 0 Å². The number of aromatic nitrogens is 3. The van der Waals surface area contributed by atoms with Crippen LogP contribution in [0.5, 0.6) is 0 Å². The molecule has 2 fully saturated rings. The van der Waals surface area contributed by atoms with Crippen molar-refractivity contribution in [3.8, 4) is 0 Å². The molecule has 7 nitrogen and oxygen atoms in total. The van der Waals surface area contributed by atoms with Gasteiger partial charge in [0, 0.05) is 32.1 Å². The second-order valence-electron chi connectivity index (χ2n) is 7.00. The molecule has 2 aromatic rings. The molecule has 1 saturated heterocycles. The molecule has 0 bridgehead atoms. The normalized spacial score (nSPS) is 19.8. The molecule has 1 saturated carbocycles. The third-order valence-corrected chi connectivity index (χ3v) is 7.04. The van der Waals surface area contributed by atoms with E-state index in [0.717, 1.165) is 24.7 Å². The Hall–Kier alpha value is -2.00. The van der Waals surface area contributed by atoms with Crippen molar-refractivity contribution in [3.05, 3.63) is 46.4 Å². The number of aryl methyl sites for hydroxylation is 1. The van der Waals surface area contributed by atoms with Gasteiger partial charge >= 0.3 is 5.69 Å². The number of hydrogen-bond acceptors (Lipinski definition) is 4. The maximum Gasteiger partial charge on any atom is 0.345 e. The van der Waals surface area contributed by atoms with Crippen molar-refractivity contribution in [2.24, 2.45) is 7.05 Å². The Morgan fingerprint density at radius 1 is 1.15 bits per heavy atom. The van der Waals surface area contributed by atoms with E-state index in [9.17, 15) is 17.6 Å². The minimum absolute atomic E-state index is 0.0244. The summed E-state index contributed by atoms with van der Waals surface area (Å²) in [5.74, 6) is 0.258. The molecule has 0 N–H and O–H groups in total. The van der Waals surface area contributed by atoms with Crippen LogP contribution in [0, 0.1) is 5.82 Å². The van der Waals surface area contributed by atoms with Gasteiger partial charge in [-0.25, -0.2) is 22.3 Å². The van der Waals surface area contributed by atoms with Crippen LogP contribution in [0.4, 0.5) is 4.39 Å². The van der Waals surface area contributed by atoms with Gasteiger partial charge in [-0.1, -0.05) is 6.07 Å². The van der Waals surface area contributed by atoms with Gasteiger partial charge in [-0.2, -0.15) is 9.40 Å². The molecule has 0 unspecified atom stereocenters. The molecule has 1 aliphatic heterocycles. The van der Waals surface area contributed by atoms with Crippen molar-refractivity contribution < 1.29 is 12.8 Å². The molecule has 1 aromatic heterocycles. The molecule has 4 rings (SSSR count). The SMILES string of the molecule is Cn1nc(C2CCN(S(=O)(=O)c3cccc(F)c3)CC2)n(C2CC2)c1=O. The average Bonchev–Trinajstić information content (AvgIpc) is 3.41. The fourth-order valence-corrected chi connectivity index (χ4v) is 5.09. The molecule has 0 radical (unpaired) electrons. The van der Waals surface area contributed by atoms with Gasteiger partial charge in [-0.15, -0.1) is 0 Å². The highest BCUT2D eigenvalue weighted by atomic mass is 32.2. The van der Waals surface area contributed by atoms with Crippen LogP contribution in [0.25, 0.3) is 0 Å². The highest BCUT2D eigenvalue weighted by molar-refractivity contribution is 7.89. The van der Waals surface area contributed by atoms with Crippen LogP contribution >= 0.6 is 0 Å². The Balaban J connectivity index is 1.53. The van der Waals surface area contributed by atoms with Crippen LogP contribution in [-0.2, 0) is 17.1 Å². The molecule has 1 aliphatic carbocycles. The monoisotopic (exact) mass is 380 g/mol. The lowest BCUT2D eigenvalue weighted by Crippen LogP contribution is -2.38. The van der Waals surface area contributed by atoms with Crippen LogP contribution in [0.1, 0.15) is 43.5 Å². The standard InChI is InChI=1S/C17H21FN4O3S/c1-20-17(23)22(14-5-6-14)16(19-20)12-7-9-21(10-8-12)26(24,25)15-4-2-3-13(18)11-15/h2-4,11-12,14H,5-10H2,1H3. The summed E-state index contributed by atoms with van der Waals surface area (Å²) in [5.41, 5.74) is -0.0997. The predicted octanol–water partition coefficient (Wildman–Crippen LogP) is 1.62. The van der Waals surface area contributed by atoms with E-state index in [1.54, 1.807) is 11.6 Å². The average molecular weight is 380 g/mol. The topological polar surface area (TPSA) is 77.2 Å². The van der Waals surface area contributed by atoms with Gasteiger partial charge in [0.2, 0.25) is 10.0 Å². The molecule has 2 aliphatic rings. The first-order valence-corrected chi connectivity index (χ1v) is 10.2. The van der Waals surface area contributed by atoms with E-state index in [1.165, 1.54) is 27.2 Å². The molecule has 0 atom stereocenters. The lowest BCUT2D eigenvalue weighted by Gasteiger charge is -2.30. The lowest BCUT2D eigenvalue weighted by atomic mass is 9.97. The van der Waals surface area contributed by atoms with Crippen molar-refractivity contribution in [1.82, 2.24) is 18.7 Å². The number of sulfonamides is 1. The summed E-state index contributed by atoms with van der Waals surface area (Å²) in [7, 11) is -2.06.